The fourth-order valence-electron chi connectivity index (χ4n) is 3.97. The molecule has 0 amide bonds. The van der Waals surface area contributed by atoms with Crippen LogP contribution in [0.3, 0.4) is 0 Å². The molecule has 5 heteroatoms. The molecule has 0 radical (unpaired) electrons. The van der Waals surface area contributed by atoms with Crippen molar-refractivity contribution < 1.29 is 4.74 Å². The number of likely N-dealkylation sites (tertiary alicyclic amines) is 1. The van der Waals surface area contributed by atoms with Crippen molar-refractivity contribution in [3.63, 3.8) is 0 Å². The number of nitrogens with zero attached hydrogens (tertiary/aromatic N) is 4. The maximum absolute atomic E-state index is 6.08. The summed E-state index contributed by atoms with van der Waals surface area (Å²) >= 11 is 0. The fraction of sp³-hybridized carbons (Fsp3) is 0.500. The second-order valence-electron chi connectivity index (χ2n) is 7.09. The van der Waals surface area contributed by atoms with Crippen molar-refractivity contribution in [3.05, 3.63) is 59.7 Å². The molecule has 0 spiro atoms. The molecule has 4 heterocycles. The third-order valence-corrected chi connectivity index (χ3v) is 5.41. The summed E-state index contributed by atoms with van der Waals surface area (Å²) in [5.41, 5.74) is 3.80. The van der Waals surface area contributed by atoms with Gasteiger partial charge in [-0.1, -0.05) is 6.07 Å². The van der Waals surface area contributed by atoms with Gasteiger partial charge in [0.1, 0.15) is 0 Å². The van der Waals surface area contributed by atoms with E-state index in [1.54, 1.807) is 0 Å². The van der Waals surface area contributed by atoms with Crippen LogP contribution in [0.1, 0.15) is 23.2 Å². The standard InChI is InChI=1S/C20H26N4O/c1-16-3-2-7-22-18(16)14-23-10-6-20-19(15-23)24(11-12-25-20)13-17-4-8-21-9-5-17/h2-5,7-9,19-20H,6,10-15H2,1H3/t19-,20-/m1/s1. The Morgan fingerprint density at radius 1 is 1.12 bits per heavy atom. The molecule has 4 rings (SSSR count). The minimum absolute atomic E-state index is 0.358. The number of pyridine rings is 2. The second-order valence-corrected chi connectivity index (χ2v) is 7.09. The van der Waals surface area contributed by atoms with Gasteiger partial charge in [-0.3, -0.25) is 19.8 Å². The van der Waals surface area contributed by atoms with Gasteiger partial charge >= 0.3 is 0 Å². The van der Waals surface area contributed by atoms with Crippen LogP contribution in [0.5, 0.6) is 0 Å². The molecule has 0 N–H and O–H groups in total. The number of aromatic nitrogens is 2. The second kappa shape index (κ2) is 7.60. The van der Waals surface area contributed by atoms with E-state index in [1.807, 2.05) is 24.7 Å². The van der Waals surface area contributed by atoms with E-state index in [2.05, 4.69) is 44.9 Å². The Morgan fingerprint density at radius 2 is 2.00 bits per heavy atom. The molecular weight excluding hydrogens is 312 g/mol. The zero-order valence-corrected chi connectivity index (χ0v) is 14.8. The highest BCUT2D eigenvalue weighted by atomic mass is 16.5. The first kappa shape index (κ1) is 16.6. The number of fused-ring (bicyclic) bond motifs is 1. The van der Waals surface area contributed by atoms with E-state index in [1.165, 1.54) is 16.8 Å². The lowest BCUT2D eigenvalue weighted by Crippen LogP contribution is -2.59. The van der Waals surface area contributed by atoms with Crippen LogP contribution < -0.4 is 0 Å². The average Bonchev–Trinajstić information content (AvgIpc) is 2.65. The van der Waals surface area contributed by atoms with Gasteiger partial charge < -0.3 is 4.74 Å². The summed E-state index contributed by atoms with van der Waals surface area (Å²) in [6.07, 6.45) is 7.11. The summed E-state index contributed by atoms with van der Waals surface area (Å²) in [5, 5.41) is 0. The maximum Gasteiger partial charge on any atom is 0.0755 e. The lowest BCUT2D eigenvalue weighted by molar-refractivity contribution is -0.107. The predicted molar refractivity (Wildman–Crippen MR) is 97.0 cm³/mol. The van der Waals surface area contributed by atoms with Gasteiger partial charge in [0.15, 0.2) is 0 Å². The van der Waals surface area contributed by atoms with Gasteiger partial charge in [-0.2, -0.15) is 0 Å². The van der Waals surface area contributed by atoms with Crippen LogP contribution in [0.2, 0.25) is 0 Å². The summed E-state index contributed by atoms with van der Waals surface area (Å²) < 4.78 is 6.08. The van der Waals surface area contributed by atoms with Gasteiger partial charge in [-0.05, 0) is 42.7 Å². The van der Waals surface area contributed by atoms with Gasteiger partial charge in [-0.15, -0.1) is 0 Å². The van der Waals surface area contributed by atoms with Crippen molar-refractivity contribution in [3.8, 4) is 0 Å². The van der Waals surface area contributed by atoms with Gasteiger partial charge in [0.05, 0.1) is 18.4 Å². The quantitative estimate of drug-likeness (QED) is 0.855. The van der Waals surface area contributed by atoms with Crippen LogP contribution in [-0.2, 0) is 17.8 Å². The van der Waals surface area contributed by atoms with Crippen molar-refractivity contribution in [1.82, 2.24) is 19.8 Å². The largest absolute Gasteiger partial charge is 0.375 e. The molecule has 0 aliphatic carbocycles. The number of morpholine rings is 1. The van der Waals surface area contributed by atoms with E-state index in [9.17, 15) is 0 Å². The molecule has 0 unspecified atom stereocenters. The lowest BCUT2D eigenvalue weighted by Gasteiger charge is -2.47. The first-order valence-corrected chi connectivity index (χ1v) is 9.17. The fourth-order valence-corrected chi connectivity index (χ4v) is 3.97. The molecule has 5 nitrogen and oxygen atoms in total. The maximum atomic E-state index is 6.08. The van der Waals surface area contributed by atoms with Crippen LogP contribution in [-0.4, -0.2) is 58.2 Å². The van der Waals surface area contributed by atoms with E-state index in [0.717, 1.165) is 45.8 Å². The van der Waals surface area contributed by atoms with Crippen molar-refractivity contribution in [2.45, 2.75) is 38.6 Å². The van der Waals surface area contributed by atoms with Crippen LogP contribution in [0.25, 0.3) is 0 Å². The van der Waals surface area contributed by atoms with E-state index >= 15 is 0 Å². The Hall–Kier alpha value is -1.82. The molecule has 2 aromatic rings. The monoisotopic (exact) mass is 338 g/mol. The third-order valence-electron chi connectivity index (χ3n) is 5.41. The summed E-state index contributed by atoms with van der Waals surface area (Å²) in [7, 11) is 0. The lowest BCUT2D eigenvalue weighted by atomic mass is 9.97. The van der Waals surface area contributed by atoms with Gasteiger partial charge in [0.25, 0.3) is 0 Å². The van der Waals surface area contributed by atoms with E-state index < -0.39 is 0 Å². The molecule has 2 atom stereocenters. The summed E-state index contributed by atoms with van der Waals surface area (Å²) in [4.78, 5) is 13.8. The van der Waals surface area contributed by atoms with Crippen molar-refractivity contribution in [2.75, 3.05) is 26.2 Å². The SMILES string of the molecule is Cc1cccnc1CN1CC[C@H]2OCCN(Cc3ccncc3)[C@@H]2C1. The summed E-state index contributed by atoms with van der Waals surface area (Å²) in [5.74, 6) is 0. The average molecular weight is 338 g/mol. The number of hydrogen-bond donors (Lipinski definition) is 0. The highest BCUT2D eigenvalue weighted by molar-refractivity contribution is 5.17. The zero-order chi connectivity index (χ0) is 17.1. The topological polar surface area (TPSA) is 41.5 Å². The number of hydrogen-bond acceptors (Lipinski definition) is 5. The molecule has 0 saturated carbocycles. The van der Waals surface area contributed by atoms with E-state index in [-0.39, 0.29) is 0 Å². The predicted octanol–water partition coefficient (Wildman–Crippen LogP) is 2.26. The normalized spacial score (nSPS) is 24.8. The third kappa shape index (κ3) is 3.89. The molecule has 2 fully saturated rings. The highest BCUT2D eigenvalue weighted by Crippen LogP contribution is 2.25. The Labute approximate surface area is 149 Å². The molecule has 2 saturated heterocycles. The summed E-state index contributed by atoms with van der Waals surface area (Å²) in [6, 6.07) is 8.84. The van der Waals surface area contributed by atoms with Crippen molar-refractivity contribution in [2.24, 2.45) is 0 Å². The summed E-state index contributed by atoms with van der Waals surface area (Å²) in [6.45, 7) is 8.02. The molecule has 2 aromatic heterocycles. The van der Waals surface area contributed by atoms with Gasteiger partial charge in [-0.25, -0.2) is 0 Å². The van der Waals surface area contributed by atoms with Gasteiger partial charge in [0, 0.05) is 57.4 Å². The van der Waals surface area contributed by atoms with Crippen LogP contribution in [0.15, 0.2) is 42.9 Å². The molecule has 2 aliphatic rings. The highest BCUT2D eigenvalue weighted by Gasteiger charge is 2.37. The minimum atomic E-state index is 0.358. The van der Waals surface area contributed by atoms with Crippen LogP contribution >= 0.6 is 0 Å². The van der Waals surface area contributed by atoms with Crippen molar-refractivity contribution >= 4 is 0 Å². The first-order valence-electron chi connectivity index (χ1n) is 9.17. The molecular formula is C20H26N4O. The molecule has 25 heavy (non-hydrogen) atoms. The van der Waals surface area contributed by atoms with Crippen LogP contribution in [0, 0.1) is 6.92 Å². The first-order chi connectivity index (χ1) is 12.3. The van der Waals surface area contributed by atoms with Gasteiger partial charge in [0.2, 0.25) is 0 Å². The molecule has 2 aliphatic heterocycles. The van der Waals surface area contributed by atoms with E-state index in [0.29, 0.717) is 12.1 Å². The molecule has 132 valence electrons. The Bertz CT molecular complexity index is 693. The zero-order valence-electron chi connectivity index (χ0n) is 14.8. The number of aryl methyl sites for hydroxylation is 1. The Morgan fingerprint density at radius 3 is 2.84 bits per heavy atom. The molecule has 0 bridgehead atoms. The molecule has 0 aromatic carbocycles. The van der Waals surface area contributed by atoms with Crippen molar-refractivity contribution in [1.29, 1.82) is 0 Å². The Kier molecular flexibility index (Phi) is 5.06. The van der Waals surface area contributed by atoms with Crippen LogP contribution in [0.4, 0.5) is 0 Å². The van der Waals surface area contributed by atoms with E-state index in [4.69, 9.17) is 4.74 Å². The number of piperidine rings is 1. The minimum Gasteiger partial charge on any atom is -0.375 e. The Balaban J connectivity index is 1.45. The number of ether oxygens (including phenoxy) is 1. The number of rotatable bonds is 4. The smallest absolute Gasteiger partial charge is 0.0755 e.